The molecule has 0 fully saturated rings. The van der Waals surface area contributed by atoms with Gasteiger partial charge in [-0.2, -0.15) is 0 Å². The Morgan fingerprint density at radius 3 is 2.63 bits per heavy atom. The van der Waals surface area contributed by atoms with Crippen molar-refractivity contribution in [1.82, 2.24) is 0 Å². The van der Waals surface area contributed by atoms with Crippen molar-refractivity contribution in [2.75, 3.05) is 6.61 Å². The zero-order chi connectivity index (χ0) is 13.7. The molecule has 0 spiro atoms. The molecule has 2 aromatic rings. The van der Waals surface area contributed by atoms with Gasteiger partial charge in [0.2, 0.25) is 0 Å². The van der Waals surface area contributed by atoms with Crippen LogP contribution >= 0.6 is 11.6 Å². The molecule has 19 heavy (non-hydrogen) atoms. The Hall–Kier alpha value is -1.58. The highest BCUT2D eigenvalue weighted by Gasteiger charge is 2.09. The van der Waals surface area contributed by atoms with E-state index in [-0.39, 0.29) is 19.0 Å². The summed E-state index contributed by atoms with van der Waals surface area (Å²) < 4.78 is 19.2. The molecule has 2 nitrogen and oxygen atoms in total. The number of aliphatic hydroxyl groups is 1. The van der Waals surface area contributed by atoms with Gasteiger partial charge < -0.3 is 9.84 Å². The van der Waals surface area contributed by atoms with Crippen LogP contribution in [-0.2, 0) is 13.0 Å². The summed E-state index contributed by atoms with van der Waals surface area (Å²) in [6.07, 6.45) is 0.501. The van der Waals surface area contributed by atoms with Crippen LogP contribution in [0.15, 0.2) is 42.5 Å². The average Bonchev–Trinajstić information content (AvgIpc) is 2.40. The third-order valence-corrected chi connectivity index (χ3v) is 3.14. The molecule has 1 N–H and O–H groups in total. The molecule has 2 aromatic carbocycles. The molecule has 0 radical (unpaired) electrons. The van der Waals surface area contributed by atoms with Crippen LogP contribution in [0.5, 0.6) is 5.75 Å². The van der Waals surface area contributed by atoms with E-state index in [9.17, 15) is 4.39 Å². The summed E-state index contributed by atoms with van der Waals surface area (Å²) in [5, 5.41) is 9.33. The molecule has 0 heterocycles. The summed E-state index contributed by atoms with van der Waals surface area (Å²) in [5.41, 5.74) is 1.22. The minimum absolute atomic E-state index is 0.0425. The number of hydrogen-bond donors (Lipinski definition) is 1. The molecule has 0 aliphatic carbocycles. The predicted octanol–water partition coefficient (Wildman–Crippen LogP) is 3.59. The molecule has 4 heteroatoms. The Balaban J connectivity index is 2.15. The van der Waals surface area contributed by atoms with Crippen LogP contribution in [0.4, 0.5) is 4.39 Å². The summed E-state index contributed by atoms with van der Waals surface area (Å²) in [7, 11) is 0. The molecule has 0 unspecified atom stereocenters. The van der Waals surface area contributed by atoms with Gasteiger partial charge in [-0.15, -0.1) is 0 Å². The number of ether oxygens (including phenoxy) is 1. The Morgan fingerprint density at radius 1 is 1.11 bits per heavy atom. The van der Waals surface area contributed by atoms with Crippen molar-refractivity contribution < 1.29 is 14.2 Å². The van der Waals surface area contributed by atoms with Crippen LogP contribution < -0.4 is 4.74 Å². The number of hydrogen-bond acceptors (Lipinski definition) is 2. The van der Waals surface area contributed by atoms with Crippen molar-refractivity contribution >= 4 is 11.6 Å². The van der Waals surface area contributed by atoms with Gasteiger partial charge in [0, 0.05) is 12.2 Å². The smallest absolute Gasteiger partial charge is 0.131 e. The van der Waals surface area contributed by atoms with E-state index in [1.807, 2.05) is 18.2 Å². The Morgan fingerprint density at radius 2 is 1.89 bits per heavy atom. The van der Waals surface area contributed by atoms with E-state index in [1.54, 1.807) is 18.2 Å². The van der Waals surface area contributed by atoms with Crippen molar-refractivity contribution in [2.45, 2.75) is 13.0 Å². The van der Waals surface area contributed by atoms with Gasteiger partial charge in [-0.25, -0.2) is 4.39 Å². The Labute approximate surface area is 116 Å². The number of halogens is 2. The molecule has 0 amide bonds. The Kier molecular flexibility index (Phi) is 4.77. The summed E-state index contributed by atoms with van der Waals surface area (Å²) in [6.45, 7) is 0.106. The first-order valence-corrected chi connectivity index (χ1v) is 6.34. The van der Waals surface area contributed by atoms with Crippen molar-refractivity contribution in [2.24, 2.45) is 0 Å². The van der Waals surface area contributed by atoms with Crippen LogP contribution in [0.1, 0.15) is 11.1 Å². The average molecular weight is 281 g/mol. The fraction of sp³-hybridized carbons (Fsp3) is 0.200. The normalized spacial score (nSPS) is 10.5. The number of rotatable bonds is 5. The van der Waals surface area contributed by atoms with E-state index >= 15 is 0 Å². The third kappa shape index (κ3) is 3.46. The van der Waals surface area contributed by atoms with Crippen LogP contribution in [0, 0.1) is 5.82 Å². The molecule has 0 atom stereocenters. The fourth-order valence-corrected chi connectivity index (χ4v) is 2.01. The van der Waals surface area contributed by atoms with Gasteiger partial charge in [0.05, 0.1) is 5.02 Å². The van der Waals surface area contributed by atoms with Crippen LogP contribution in [0.25, 0.3) is 0 Å². The van der Waals surface area contributed by atoms with E-state index in [0.717, 1.165) is 5.56 Å². The fourth-order valence-electron chi connectivity index (χ4n) is 1.79. The van der Waals surface area contributed by atoms with E-state index < -0.39 is 0 Å². The van der Waals surface area contributed by atoms with Gasteiger partial charge in [-0.3, -0.25) is 0 Å². The van der Waals surface area contributed by atoms with E-state index in [1.165, 1.54) is 6.07 Å². The van der Waals surface area contributed by atoms with Gasteiger partial charge in [-0.05, 0) is 30.2 Å². The summed E-state index contributed by atoms with van der Waals surface area (Å²) in [4.78, 5) is 0. The largest absolute Gasteiger partial charge is 0.488 e. The predicted molar refractivity (Wildman–Crippen MR) is 73.0 cm³/mol. The van der Waals surface area contributed by atoms with Crippen LogP contribution in [-0.4, -0.2) is 11.7 Å². The SMILES string of the molecule is OCCc1ccccc1OCc1c(F)cccc1Cl. The molecule has 0 saturated carbocycles. The molecule has 0 aromatic heterocycles. The van der Waals surface area contributed by atoms with Gasteiger partial charge in [-0.1, -0.05) is 35.9 Å². The third-order valence-electron chi connectivity index (χ3n) is 2.79. The summed E-state index contributed by atoms with van der Waals surface area (Å²) in [6, 6.07) is 11.9. The zero-order valence-corrected chi connectivity index (χ0v) is 11.0. The minimum Gasteiger partial charge on any atom is -0.488 e. The molecule has 100 valence electrons. The highest BCUT2D eigenvalue weighted by Crippen LogP contribution is 2.23. The van der Waals surface area contributed by atoms with Crippen molar-refractivity contribution in [3.63, 3.8) is 0 Å². The highest BCUT2D eigenvalue weighted by molar-refractivity contribution is 6.31. The lowest BCUT2D eigenvalue weighted by molar-refractivity contribution is 0.281. The minimum atomic E-state index is -0.382. The van der Waals surface area contributed by atoms with Crippen LogP contribution in [0.3, 0.4) is 0 Å². The lowest BCUT2D eigenvalue weighted by Gasteiger charge is -2.12. The molecule has 2 rings (SSSR count). The maximum atomic E-state index is 13.6. The number of para-hydroxylation sites is 1. The van der Waals surface area contributed by atoms with Crippen molar-refractivity contribution in [3.8, 4) is 5.75 Å². The van der Waals surface area contributed by atoms with Gasteiger partial charge >= 0.3 is 0 Å². The van der Waals surface area contributed by atoms with Gasteiger partial charge in [0.15, 0.2) is 0 Å². The van der Waals surface area contributed by atoms with E-state index in [0.29, 0.717) is 22.8 Å². The second-order valence-electron chi connectivity index (χ2n) is 4.07. The zero-order valence-electron chi connectivity index (χ0n) is 10.3. The quantitative estimate of drug-likeness (QED) is 0.907. The van der Waals surface area contributed by atoms with Crippen molar-refractivity contribution in [1.29, 1.82) is 0 Å². The highest BCUT2D eigenvalue weighted by atomic mass is 35.5. The lowest BCUT2D eigenvalue weighted by atomic mass is 10.1. The van der Waals surface area contributed by atoms with Gasteiger partial charge in [0.1, 0.15) is 18.2 Å². The molecular formula is C15H14ClFO2. The maximum absolute atomic E-state index is 13.6. The first kappa shape index (κ1) is 13.8. The lowest BCUT2D eigenvalue weighted by Crippen LogP contribution is -2.02. The molecule has 0 bridgehead atoms. The first-order chi connectivity index (χ1) is 9.22. The number of aliphatic hydroxyl groups excluding tert-OH is 1. The second-order valence-corrected chi connectivity index (χ2v) is 4.48. The van der Waals surface area contributed by atoms with E-state index in [2.05, 4.69) is 0 Å². The van der Waals surface area contributed by atoms with Gasteiger partial charge in [0.25, 0.3) is 0 Å². The second kappa shape index (κ2) is 6.55. The monoisotopic (exact) mass is 280 g/mol. The summed E-state index contributed by atoms with van der Waals surface area (Å²) in [5.74, 6) is 0.253. The molecule has 0 saturated heterocycles. The first-order valence-electron chi connectivity index (χ1n) is 5.97. The molecular weight excluding hydrogens is 267 g/mol. The summed E-state index contributed by atoms with van der Waals surface area (Å²) >= 11 is 5.94. The molecule has 0 aliphatic rings. The van der Waals surface area contributed by atoms with Crippen molar-refractivity contribution in [3.05, 3.63) is 64.4 Å². The molecule has 0 aliphatic heterocycles. The maximum Gasteiger partial charge on any atom is 0.131 e. The Bertz CT molecular complexity index is 537. The number of benzene rings is 2. The topological polar surface area (TPSA) is 29.5 Å². The standard InChI is InChI=1S/C15H14ClFO2/c16-13-5-3-6-14(17)12(13)10-19-15-7-2-1-4-11(15)8-9-18/h1-7,18H,8-10H2. The van der Waals surface area contributed by atoms with Crippen LogP contribution in [0.2, 0.25) is 5.02 Å². The van der Waals surface area contributed by atoms with E-state index in [4.69, 9.17) is 21.4 Å².